The number of nitrogens with zero attached hydrogens (tertiary/aromatic N) is 2. The van der Waals surface area contributed by atoms with Crippen molar-refractivity contribution in [1.82, 2.24) is 15.1 Å². The van der Waals surface area contributed by atoms with Gasteiger partial charge >= 0.3 is 0 Å². The van der Waals surface area contributed by atoms with E-state index in [9.17, 15) is 22.8 Å². The molecule has 2 aliphatic rings. The Labute approximate surface area is 236 Å². The fraction of sp³-hybridized carbons (Fsp3) is 0.562. The zero-order valence-electron chi connectivity index (χ0n) is 24.5. The molecular formula is C32H42F3N3O2. The highest BCUT2D eigenvalue weighted by Gasteiger charge is 2.45. The summed E-state index contributed by atoms with van der Waals surface area (Å²) in [6.45, 7) is 13.5. The summed E-state index contributed by atoms with van der Waals surface area (Å²) in [6, 6.07) is 6.86. The van der Waals surface area contributed by atoms with Gasteiger partial charge in [-0.15, -0.1) is 0 Å². The molecule has 2 fully saturated rings. The van der Waals surface area contributed by atoms with Crippen molar-refractivity contribution < 1.29 is 22.8 Å². The number of likely N-dealkylation sites (tertiary alicyclic amines) is 2. The number of amides is 2. The molecule has 2 saturated heterocycles. The van der Waals surface area contributed by atoms with Gasteiger partial charge < -0.3 is 10.2 Å². The van der Waals surface area contributed by atoms with Gasteiger partial charge in [-0.25, -0.2) is 13.2 Å². The third kappa shape index (κ3) is 6.37. The van der Waals surface area contributed by atoms with E-state index in [-0.39, 0.29) is 41.0 Å². The number of aryl methyl sites for hydroxylation is 1. The molecule has 2 amide bonds. The maximum Gasteiger partial charge on any atom is 0.227 e. The van der Waals surface area contributed by atoms with Crippen LogP contribution in [0, 0.1) is 30.3 Å². The van der Waals surface area contributed by atoms with Gasteiger partial charge in [0.1, 0.15) is 17.5 Å². The van der Waals surface area contributed by atoms with Crippen LogP contribution in [-0.2, 0) is 9.59 Å². The lowest BCUT2D eigenvalue weighted by Crippen LogP contribution is -2.44. The van der Waals surface area contributed by atoms with Crippen LogP contribution in [0.3, 0.4) is 0 Å². The van der Waals surface area contributed by atoms with Crippen molar-refractivity contribution in [3.63, 3.8) is 0 Å². The fourth-order valence-electron chi connectivity index (χ4n) is 6.38. The van der Waals surface area contributed by atoms with Crippen LogP contribution in [-0.4, -0.2) is 53.3 Å². The van der Waals surface area contributed by atoms with Crippen LogP contribution in [0.5, 0.6) is 0 Å². The molecule has 0 aliphatic carbocycles. The van der Waals surface area contributed by atoms with Crippen LogP contribution in [0.15, 0.2) is 30.3 Å². The molecular weight excluding hydrogens is 515 g/mol. The van der Waals surface area contributed by atoms with Crippen molar-refractivity contribution in [3.8, 4) is 0 Å². The lowest BCUT2D eigenvalue weighted by molar-refractivity contribution is -0.136. The SMILES string of the molecule is CCC(NC(C)=O)c1cc(C)c(F)cc1C1CCN(C(=O)C2CN(C(C)(C)C)CC2c2ccc(F)cc2F)CC1. The fourth-order valence-corrected chi connectivity index (χ4v) is 6.38. The number of nitrogens with one attached hydrogen (secondary N) is 1. The molecule has 0 spiro atoms. The second-order valence-corrected chi connectivity index (χ2v) is 12.4. The summed E-state index contributed by atoms with van der Waals surface area (Å²) in [4.78, 5) is 29.8. The Morgan fingerprint density at radius 2 is 1.68 bits per heavy atom. The van der Waals surface area contributed by atoms with Crippen molar-refractivity contribution in [2.45, 2.75) is 84.2 Å². The average Bonchev–Trinajstić information content (AvgIpc) is 3.34. The lowest BCUT2D eigenvalue weighted by Gasteiger charge is -2.36. The van der Waals surface area contributed by atoms with Crippen LogP contribution in [0.2, 0.25) is 0 Å². The summed E-state index contributed by atoms with van der Waals surface area (Å²) >= 11 is 0. The number of carbonyl (C=O) groups is 2. The molecule has 3 atom stereocenters. The summed E-state index contributed by atoms with van der Waals surface area (Å²) in [7, 11) is 0. The summed E-state index contributed by atoms with van der Waals surface area (Å²) in [5, 5.41) is 3.00. The molecule has 5 nitrogen and oxygen atoms in total. The normalized spacial score (nSPS) is 21.5. The Morgan fingerprint density at radius 1 is 1.00 bits per heavy atom. The Bertz CT molecular complexity index is 1250. The van der Waals surface area contributed by atoms with E-state index in [0.717, 1.165) is 17.2 Å². The minimum atomic E-state index is -0.632. The van der Waals surface area contributed by atoms with Gasteiger partial charge in [-0.2, -0.15) is 0 Å². The molecule has 0 radical (unpaired) electrons. The Kier molecular flexibility index (Phi) is 8.98. The minimum absolute atomic E-state index is 0.0149. The van der Waals surface area contributed by atoms with Crippen LogP contribution in [0.1, 0.15) is 94.0 Å². The number of piperidine rings is 1. The summed E-state index contributed by atoms with van der Waals surface area (Å²) < 4.78 is 43.3. The third-order valence-electron chi connectivity index (χ3n) is 8.72. The second-order valence-electron chi connectivity index (χ2n) is 12.4. The Balaban J connectivity index is 1.55. The number of halogens is 3. The standard InChI is InChI=1S/C32H42F3N3O2/c1-7-30(36-20(3)39)25-14-19(2)28(34)16-24(25)21-10-12-37(13-11-21)31(40)27-18-38(32(4,5)6)17-26(27)23-9-8-22(33)15-29(23)35/h8-9,14-16,21,26-27,30H,7,10-13,17-18H2,1-6H3,(H,36,39). The first-order valence-corrected chi connectivity index (χ1v) is 14.4. The highest BCUT2D eigenvalue weighted by molar-refractivity contribution is 5.81. The van der Waals surface area contributed by atoms with Crippen molar-refractivity contribution in [2.75, 3.05) is 26.2 Å². The van der Waals surface area contributed by atoms with Crippen LogP contribution >= 0.6 is 0 Å². The minimum Gasteiger partial charge on any atom is -0.350 e. The van der Waals surface area contributed by atoms with Gasteiger partial charge in [0.25, 0.3) is 0 Å². The number of hydrogen-bond acceptors (Lipinski definition) is 3. The molecule has 2 aromatic rings. The van der Waals surface area contributed by atoms with Crippen molar-refractivity contribution in [2.24, 2.45) is 5.92 Å². The molecule has 0 saturated carbocycles. The molecule has 3 unspecified atom stereocenters. The van der Waals surface area contributed by atoms with E-state index >= 15 is 0 Å². The maximum atomic E-state index is 14.9. The Morgan fingerprint density at radius 3 is 2.25 bits per heavy atom. The molecule has 2 aromatic carbocycles. The summed E-state index contributed by atoms with van der Waals surface area (Å²) in [5.41, 5.74) is 2.54. The highest BCUT2D eigenvalue weighted by Crippen LogP contribution is 2.40. The third-order valence-corrected chi connectivity index (χ3v) is 8.72. The second kappa shape index (κ2) is 11.9. The van der Waals surface area contributed by atoms with E-state index < -0.39 is 17.6 Å². The topological polar surface area (TPSA) is 52.7 Å². The highest BCUT2D eigenvalue weighted by atomic mass is 19.1. The zero-order valence-corrected chi connectivity index (χ0v) is 24.5. The van der Waals surface area contributed by atoms with E-state index in [1.165, 1.54) is 19.1 Å². The summed E-state index contributed by atoms with van der Waals surface area (Å²) in [5.74, 6) is -2.42. The number of carbonyl (C=O) groups excluding carboxylic acids is 2. The van der Waals surface area contributed by atoms with Crippen LogP contribution in [0.4, 0.5) is 13.2 Å². The van der Waals surface area contributed by atoms with Gasteiger partial charge in [0.15, 0.2) is 0 Å². The predicted octanol–water partition coefficient (Wildman–Crippen LogP) is 6.22. The first-order chi connectivity index (χ1) is 18.8. The van der Waals surface area contributed by atoms with E-state index in [2.05, 4.69) is 31.0 Å². The van der Waals surface area contributed by atoms with Gasteiger partial charge in [0, 0.05) is 50.6 Å². The van der Waals surface area contributed by atoms with Crippen molar-refractivity contribution in [3.05, 3.63) is 70.0 Å². The van der Waals surface area contributed by atoms with Crippen LogP contribution < -0.4 is 5.32 Å². The van der Waals surface area contributed by atoms with E-state index in [1.54, 1.807) is 13.0 Å². The van der Waals surface area contributed by atoms with Gasteiger partial charge in [0.05, 0.1) is 12.0 Å². The van der Waals surface area contributed by atoms with Gasteiger partial charge in [-0.05, 0) is 87.3 Å². The molecule has 218 valence electrons. The molecule has 0 bridgehead atoms. The van der Waals surface area contributed by atoms with Gasteiger partial charge in [-0.3, -0.25) is 14.5 Å². The average molecular weight is 558 g/mol. The first kappa shape index (κ1) is 30.1. The molecule has 2 heterocycles. The van der Waals surface area contributed by atoms with E-state index in [1.807, 2.05) is 17.9 Å². The largest absolute Gasteiger partial charge is 0.350 e. The monoisotopic (exact) mass is 557 g/mol. The van der Waals surface area contributed by atoms with E-state index in [4.69, 9.17) is 0 Å². The predicted molar refractivity (Wildman–Crippen MR) is 150 cm³/mol. The Hall–Kier alpha value is -2.87. The molecule has 4 rings (SSSR count). The number of rotatable bonds is 6. The number of benzene rings is 2. The molecule has 1 N–H and O–H groups in total. The van der Waals surface area contributed by atoms with Gasteiger partial charge in [-0.1, -0.05) is 19.1 Å². The summed E-state index contributed by atoms with van der Waals surface area (Å²) in [6.07, 6.45) is 2.02. The van der Waals surface area contributed by atoms with Gasteiger partial charge in [0.2, 0.25) is 11.8 Å². The lowest BCUT2D eigenvalue weighted by atomic mass is 9.82. The molecule has 8 heteroatoms. The molecule has 2 aliphatic heterocycles. The molecule has 0 aromatic heterocycles. The quantitative estimate of drug-likeness (QED) is 0.459. The van der Waals surface area contributed by atoms with Crippen molar-refractivity contribution >= 4 is 11.8 Å². The first-order valence-electron chi connectivity index (χ1n) is 14.4. The van der Waals surface area contributed by atoms with Crippen LogP contribution in [0.25, 0.3) is 0 Å². The maximum absolute atomic E-state index is 14.9. The zero-order chi connectivity index (χ0) is 29.4. The molecule has 40 heavy (non-hydrogen) atoms. The van der Waals surface area contributed by atoms with Crippen molar-refractivity contribution in [1.29, 1.82) is 0 Å². The number of hydrogen-bond donors (Lipinski definition) is 1. The van der Waals surface area contributed by atoms with E-state index in [0.29, 0.717) is 56.6 Å². The smallest absolute Gasteiger partial charge is 0.227 e.